The van der Waals surface area contributed by atoms with E-state index in [1.54, 1.807) is 6.07 Å². The molecule has 102 valence electrons. The van der Waals surface area contributed by atoms with Gasteiger partial charge in [0.25, 0.3) is 0 Å². The number of halogens is 1. The third-order valence-electron chi connectivity index (χ3n) is 2.28. The number of aromatic carboxylic acids is 1. The fourth-order valence-electron chi connectivity index (χ4n) is 1.39. The molecule has 1 aromatic carbocycles. The Hall–Kier alpha value is -1.89. The average molecular weight is 329 g/mol. The highest BCUT2D eigenvalue weighted by molar-refractivity contribution is 9.10. The third kappa shape index (κ3) is 4.36. The fourth-order valence-corrected chi connectivity index (χ4v) is 1.80. The van der Waals surface area contributed by atoms with E-state index in [0.717, 1.165) is 0 Å². The largest absolute Gasteiger partial charge is 0.478 e. The smallest absolute Gasteiger partial charge is 0.336 e. The molecule has 0 bridgehead atoms. The van der Waals surface area contributed by atoms with E-state index in [9.17, 15) is 14.4 Å². The first-order chi connectivity index (χ1) is 8.81. The second-order valence-electron chi connectivity index (χ2n) is 3.91. The van der Waals surface area contributed by atoms with E-state index < -0.39 is 17.9 Å². The van der Waals surface area contributed by atoms with Gasteiger partial charge in [0.1, 0.15) is 6.04 Å². The van der Waals surface area contributed by atoms with Gasteiger partial charge in [-0.2, -0.15) is 0 Å². The number of amides is 2. The van der Waals surface area contributed by atoms with Gasteiger partial charge < -0.3 is 15.7 Å². The molecule has 1 atom stereocenters. The number of anilines is 1. The highest BCUT2D eigenvalue weighted by Crippen LogP contribution is 2.21. The van der Waals surface area contributed by atoms with Gasteiger partial charge in [-0.25, -0.2) is 4.79 Å². The maximum atomic E-state index is 11.7. The zero-order valence-corrected chi connectivity index (χ0v) is 11.9. The standard InChI is InChI=1S/C12H13BrN2O4/c1-6(14-7(2)16)11(17)15-8-3-4-10(13)9(5-8)12(18)19/h3-6H,1-2H3,(H,14,16)(H,15,17)(H,18,19). The summed E-state index contributed by atoms with van der Waals surface area (Å²) < 4.78 is 0.424. The highest BCUT2D eigenvalue weighted by atomic mass is 79.9. The Labute approximate surface area is 118 Å². The van der Waals surface area contributed by atoms with Crippen LogP contribution in [0.5, 0.6) is 0 Å². The van der Waals surface area contributed by atoms with E-state index >= 15 is 0 Å². The summed E-state index contributed by atoms with van der Waals surface area (Å²) in [6.07, 6.45) is 0. The lowest BCUT2D eigenvalue weighted by atomic mass is 10.2. The summed E-state index contributed by atoms with van der Waals surface area (Å²) in [5.41, 5.74) is 0.396. The summed E-state index contributed by atoms with van der Waals surface area (Å²) in [6.45, 7) is 2.85. The summed E-state index contributed by atoms with van der Waals surface area (Å²) in [6, 6.07) is 3.73. The van der Waals surface area contributed by atoms with Gasteiger partial charge in [-0.3, -0.25) is 9.59 Å². The first-order valence-electron chi connectivity index (χ1n) is 5.42. The molecule has 1 aromatic rings. The first-order valence-corrected chi connectivity index (χ1v) is 6.21. The zero-order chi connectivity index (χ0) is 14.6. The molecule has 0 radical (unpaired) electrons. The van der Waals surface area contributed by atoms with Gasteiger partial charge in [-0.1, -0.05) is 0 Å². The number of nitrogens with one attached hydrogen (secondary N) is 2. The van der Waals surface area contributed by atoms with Crippen molar-refractivity contribution >= 4 is 39.4 Å². The molecule has 0 aliphatic rings. The van der Waals surface area contributed by atoms with E-state index in [2.05, 4.69) is 26.6 Å². The van der Waals surface area contributed by atoms with Gasteiger partial charge in [0.15, 0.2) is 0 Å². The van der Waals surface area contributed by atoms with E-state index in [4.69, 9.17) is 5.11 Å². The molecule has 2 amide bonds. The normalized spacial score (nSPS) is 11.5. The Morgan fingerprint density at radius 3 is 2.47 bits per heavy atom. The lowest BCUT2D eigenvalue weighted by Gasteiger charge is -2.13. The maximum Gasteiger partial charge on any atom is 0.336 e. The average Bonchev–Trinajstić information content (AvgIpc) is 2.30. The summed E-state index contributed by atoms with van der Waals surface area (Å²) >= 11 is 3.11. The van der Waals surface area contributed by atoms with Crippen LogP contribution in [0.1, 0.15) is 24.2 Å². The summed E-state index contributed by atoms with van der Waals surface area (Å²) in [7, 11) is 0. The first kappa shape index (κ1) is 15.2. The third-order valence-corrected chi connectivity index (χ3v) is 2.97. The van der Waals surface area contributed by atoms with Crippen molar-refractivity contribution in [3.63, 3.8) is 0 Å². The number of hydrogen-bond acceptors (Lipinski definition) is 3. The molecule has 0 fully saturated rings. The van der Waals surface area contributed by atoms with Gasteiger partial charge in [-0.05, 0) is 41.1 Å². The molecule has 6 nitrogen and oxygen atoms in total. The second-order valence-corrected chi connectivity index (χ2v) is 4.77. The highest BCUT2D eigenvalue weighted by Gasteiger charge is 2.15. The fraction of sp³-hybridized carbons (Fsp3) is 0.250. The molecule has 0 aliphatic carbocycles. The SMILES string of the molecule is CC(=O)NC(C)C(=O)Nc1ccc(Br)c(C(=O)O)c1. The van der Waals surface area contributed by atoms with Crippen LogP contribution in [0.3, 0.4) is 0 Å². The molecule has 1 rings (SSSR count). The molecule has 0 aromatic heterocycles. The minimum absolute atomic E-state index is 0.0463. The van der Waals surface area contributed by atoms with Gasteiger partial charge in [0.05, 0.1) is 5.56 Å². The van der Waals surface area contributed by atoms with Crippen molar-refractivity contribution in [3.05, 3.63) is 28.2 Å². The molecular weight excluding hydrogens is 316 g/mol. The van der Waals surface area contributed by atoms with Crippen molar-refractivity contribution in [2.45, 2.75) is 19.9 Å². The Bertz CT molecular complexity index is 530. The second kappa shape index (κ2) is 6.33. The predicted octanol–water partition coefficient (Wildman–Crippen LogP) is 1.61. The van der Waals surface area contributed by atoms with Gasteiger partial charge in [-0.15, -0.1) is 0 Å². The number of benzene rings is 1. The van der Waals surface area contributed by atoms with Crippen molar-refractivity contribution in [2.75, 3.05) is 5.32 Å². The Morgan fingerprint density at radius 2 is 1.95 bits per heavy atom. The number of carbonyl (C=O) groups excluding carboxylic acids is 2. The summed E-state index contributed by atoms with van der Waals surface area (Å²) in [5.74, 6) is -1.84. The van der Waals surface area contributed by atoms with Crippen LogP contribution < -0.4 is 10.6 Å². The Morgan fingerprint density at radius 1 is 1.32 bits per heavy atom. The Kier molecular flexibility index (Phi) is 5.05. The van der Waals surface area contributed by atoms with Crippen molar-refractivity contribution in [1.82, 2.24) is 5.32 Å². The minimum atomic E-state index is -1.10. The summed E-state index contributed by atoms with van der Waals surface area (Å²) in [5, 5.41) is 13.9. The minimum Gasteiger partial charge on any atom is -0.478 e. The molecule has 7 heteroatoms. The van der Waals surface area contributed by atoms with Crippen molar-refractivity contribution in [1.29, 1.82) is 0 Å². The number of carbonyl (C=O) groups is 3. The number of hydrogen-bond donors (Lipinski definition) is 3. The van der Waals surface area contributed by atoms with Gasteiger partial charge in [0.2, 0.25) is 11.8 Å². The van der Waals surface area contributed by atoms with E-state index in [-0.39, 0.29) is 11.5 Å². The van der Waals surface area contributed by atoms with Crippen LogP contribution in [0.25, 0.3) is 0 Å². The number of carboxylic acid groups (broad SMARTS) is 1. The predicted molar refractivity (Wildman–Crippen MR) is 73.0 cm³/mol. The molecule has 1 unspecified atom stereocenters. The van der Waals surface area contributed by atoms with E-state index in [1.165, 1.54) is 26.0 Å². The zero-order valence-electron chi connectivity index (χ0n) is 10.4. The molecule has 3 N–H and O–H groups in total. The molecule has 0 heterocycles. The van der Waals surface area contributed by atoms with Crippen LogP contribution in [0.2, 0.25) is 0 Å². The van der Waals surface area contributed by atoms with Crippen LogP contribution in [0.15, 0.2) is 22.7 Å². The van der Waals surface area contributed by atoms with Crippen molar-refractivity contribution < 1.29 is 19.5 Å². The molecule has 0 saturated carbocycles. The van der Waals surface area contributed by atoms with Crippen LogP contribution in [-0.2, 0) is 9.59 Å². The topological polar surface area (TPSA) is 95.5 Å². The van der Waals surface area contributed by atoms with Gasteiger partial charge >= 0.3 is 5.97 Å². The van der Waals surface area contributed by atoms with E-state index in [1.807, 2.05) is 0 Å². The van der Waals surface area contributed by atoms with Crippen LogP contribution in [0, 0.1) is 0 Å². The summed E-state index contributed by atoms with van der Waals surface area (Å²) in [4.78, 5) is 33.5. The van der Waals surface area contributed by atoms with Crippen molar-refractivity contribution in [3.8, 4) is 0 Å². The van der Waals surface area contributed by atoms with Crippen LogP contribution >= 0.6 is 15.9 Å². The van der Waals surface area contributed by atoms with Crippen LogP contribution in [-0.4, -0.2) is 28.9 Å². The van der Waals surface area contributed by atoms with Crippen LogP contribution in [0.4, 0.5) is 5.69 Å². The lowest BCUT2D eigenvalue weighted by Crippen LogP contribution is -2.40. The molecule has 0 spiro atoms. The van der Waals surface area contributed by atoms with E-state index in [0.29, 0.717) is 10.2 Å². The molecule has 19 heavy (non-hydrogen) atoms. The molecule has 0 aliphatic heterocycles. The van der Waals surface area contributed by atoms with Gasteiger partial charge in [0, 0.05) is 17.1 Å². The molecule has 0 saturated heterocycles. The Balaban J connectivity index is 2.83. The number of carboxylic acids is 1. The maximum absolute atomic E-state index is 11.7. The monoisotopic (exact) mass is 328 g/mol. The number of rotatable bonds is 4. The molecular formula is C12H13BrN2O4. The van der Waals surface area contributed by atoms with Crippen molar-refractivity contribution in [2.24, 2.45) is 0 Å². The quantitative estimate of drug-likeness (QED) is 0.782. The lowest BCUT2D eigenvalue weighted by molar-refractivity contribution is -0.124.